The first-order valence-electron chi connectivity index (χ1n) is 8.51. The van der Waals surface area contributed by atoms with Gasteiger partial charge < -0.3 is 4.90 Å². The normalized spacial score (nSPS) is 24.7. The SMILES string of the molecule is CC(C)CCN(C(=O)C1CC(c2ccccc2)NN1)C1CC1. The van der Waals surface area contributed by atoms with Crippen molar-refractivity contribution in [2.24, 2.45) is 5.92 Å². The van der Waals surface area contributed by atoms with Crippen LogP contribution in [-0.4, -0.2) is 29.4 Å². The van der Waals surface area contributed by atoms with Gasteiger partial charge in [-0.3, -0.25) is 4.79 Å². The fourth-order valence-corrected chi connectivity index (χ4v) is 3.08. The minimum Gasteiger partial charge on any atom is -0.338 e. The zero-order valence-electron chi connectivity index (χ0n) is 13.6. The van der Waals surface area contributed by atoms with Gasteiger partial charge in [-0.15, -0.1) is 0 Å². The molecule has 4 nitrogen and oxygen atoms in total. The van der Waals surface area contributed by atoms with Crippen molar-refractivity contribution in [3.05, 3.63) is 35.9 Å². The third-order valence-corrected chi connectivity index (χ3v) is 4.62. The van der Waals surface area contributed by atoms with Gasteiger partial charge in [-0.05, 0) is 37.2 Å². The van der Waals surface area contributed by atoms with Gasteiger partial charge in [0.05, 0.1) is 0 Å². The van der Waals surface area contributed by atoms with Crippen LogP contribution in [0.1, 0.15) is 51.1 Å². The molecule has 1 aromatic carbocycles. The first kappa shape index (κ1) is 15.5. The Balaban J connectivity index is 1.60. The lowest BCUT2D eigenvalue weighted by Gasteiger charge is -2.26. The van der Waals surface area contributed by atoms with Gasteiger partial charge in [0.25, 0.3) is 0 Å². The van der Waals surface area contributed by atoms with Crippen LogP contribution < -0.4 is 10.9 Å². The molecule has 3 rings (SSSR count). The van der Waals surface area contributed by atoms with Crippen molar-refractivity contribution in [3.8, 4) is 0 Å². The molecule has 2 atom stereocenters. The first-order valence-corrected chi connectivity index (χ1v) is 8.51. The van der Waals surface area contributed by atoms with Crippen LogP contribution in [0.5, 0.6) is 0 Å². The Hall–Kier alpha value is -1.39. The Morgan fingerprint density at radius 1 is 1.23 bits per heavy atom. The Morgan fingerprint density at radius 2 is 1.95 bits per heavy atom. The topological polar surface area (TPSA) is 44.4 Å². The number of carbonyl (C=O) groups excluding carboxylic acids is 1. The molecule has 1 aromatic rings. The van der Waals surface area contributed by atoms with Crippen molar-refractivity contribution < 1.29 is 4.79 Å². The zero-order valence-corrected chi connectivity index (χ0v) is 13.6. The Bertz CT molecular complexity index is 498. The van der Waals surface area contributed by atoms with Crippen LogP contribution in [0.2, 0.25) is 0 Å². The lowest BCUT2D eigenvalue weighted by Crippen LogP contribution is -2.47. The maximum Gasteiger partial charge on any atom is 0.241 e. The summed E-state index contributed by atoms with van der Waals surface area (Å²) >= 11 is 0. The number of nitrogens with zero attached hydrogens (tertiary/aromatic N) is 1. The summed E-state index contributed by atoms with van der Waals surface area (Å²) in [6.07, 6.45) is 4.26. The summed E-state index contributed by atoms with van der Waals surface area (Å²) in [7, 11) is 0. The van der Waals surface area contributed by atoms with Gasteiger partial charge in [0.2, 0.25) is 5.91 Å². The molecule has 0 spiro atoms. The van der Waals surface area contributed by atoms with Crippen LogP contribution in [0.15, 0.2) is 30.3 Å². The fourth-order valence-electron chi connectivity index (χ4n) is 3.08. The maximum atomic E-state index is 12.8. The second kappa shape index (κ2) is 6.80. The summed E-state index contributed by atoms with van der Waals surface area (Å²) in [5.74, 6) is 0.912. The molecule has 1 aliphatic carbocycles. The number of rotatable bonds is 6. The number of carbonyl (C=O) groups is 1. The van der Waals surface area contributed by atoms with E-state index in [1.807, 2.05) is 18.2 Å². The van der Waals surface area contributed by atoms with E-state index in [0.717, 1.165) is 19.4 Å². The van der Waals surface area contributed by atoms with E-state index in [-0.39, 0.29) is 18.0 Å². The van der Waals surface area contributed by atoms with E-state index in [2.05, 4.69) is 41.7 Å². The van der Waals surface area contributed by atoms with Crippen molar-refractivity contribution >= 4 is 5.91 Å². The standard InChI is InChI=1S/C18H27N3O/c1-13(2)10-11-21(15-8-9-15)18(22)17-12-16(19-20-17)14-6-4-3-5-7-14/h3-7,13,15-17,19-20H,8-12H2,1-2H3. The number of hydrogen-bond donors (Lipinski definition) is 2. The van der Waals surface area contributed by atoms with Gasteiger partial charge >= 0.3 is 0 Å². The van der Waals surface area contributed by atoms with Gasteiger partial charge in [-0.1, -0.05) is 44.2 Å². The van der Waals surface area contributed by atoms with Crippen molar-refractivity contribution in [3.63, 3.8) is 0 Å². The lowest BCUT2D eigenvalue weighted by atomic mass is 10.0. The van der Waals surface area contributed by atoms with Gasteiger partial charge in [0, 0.05) is 18.6 Å². The second-order valence-corrected chi connectivity index (χ2v) is 6.99. The summed E-state index contributed by atoms with van der Waals surface area (Å²) < 4.78 is 0. The lowest BCUT2D eigenvalue weighted by molar-refractivity contribution is -0.134. The summed E-state index contributed by atoms with van der Waals surface area (Å²) in [5, 5.41) is 0. The smallest absolute Gasteiger partial charge is 0.241 e. The molecule has 1 saturated heterocycles. The Morgan fingerprint density at radius 3 is 2.59 bits per heavy atom. The molecule has 1 aliphatic heterocycles. The van der Waals surface area contributed by atoms with Gasteiger partial charge in [0.1, 0.15) is 6.04 Å². The number of hydrogen-bond acceptors (Lipinski definition) is 3. The molecule has 22 heavy (non-hydrogen) atoms. The minimum atomic E-state index is -0.0991. The quantitative estimate of drug-likeness (QED) is 0.849. The summed E-state index contributed by atoms with van der Waals surface area (Å²) in [6, 6.07) is 11.0. The van der Waals surface area contributed by atoms with Gasteiger partial charge in [-0.2, -0.15) is 0 Å². The third-order valence-electron chi connectivity index (χ3n) is 4.62. The predicted molar refractivity (Wildman–Crippen MR) is 88.0 cm³/mol. The molecule has 0 aromatic heterocycles. The number of hydrazine groups is 1. The Labute approximate surface area is 133 Å². The van der Waals surface area contributed by atoms with Crippen LogP contribution in [0.25, 0.3) is 0 Å². The van der Waals surface area contributed by atoms with Crippen molar-refractivity contribution in [1.29, 1.82) is 0 Å². The van der Waals surface area contributed by atoms with Crippen LogP contribution >= 0.6 is 0 Å². The predicted octanol–water partition coefficient (Wildman–Crippen LogP) is 2.63. The molecule has 2 N–H and O–H groups in total. The molecule has 0 radical (unpaired) electrons. The fraction of sp³-hybridized carbons (Fsp3) is 0.611. The molecule has 2 fully saturated rings. The minimum absolute atomic E-state index is 0.0991. The molecule has 120 valence electrons. The van der Waals surface area contributed by atoms with E-state index >= 15 is 0 Å². The first-order chi connectivity index (χ1) is 10.6. The van der Waals surface area contributed by atoms with E-state index < -0.39 is 0 Å². The van der Waals surface area contributed by atoms with Crippen LogP contribution in [-0.2, 0) is 4.79 Å². The maximum absolute atomic E-state index is 12.8. The highest BCUT2D eigenvalue weighted by Crippen LogP contribution is 2.30. The summed E-state index contributed by atoms with van der Waals surface area (Å²) in [4.78, 5) is 15.0. The molecule has 2 unspecified atom stereocenters. The number of nitrogens with one attached hydrogen (secondary N) is 2. The molecule has 2 aliphatic rings. The van der Waals surface area contributed by atoms with E-state index in [0.29, 0.717) is 12.0 Å². The molecule has 1 saturated carbocycles. The van der Waals surface area contributed by atoms with Crippen LogP contribution in [0, 0.1) is 5.92 Å². The Kier molecular flexibility index (Phi) is 4.79. The van der Waals surface area contributed by atoms with Crippen LogP contribution in [0.3, 0.4) is 0 Å². The van der Waals surface area contributed by atoms with E-state index in [1.54, 1.807) is 0 Å². The van der Waals surface area contributed by atoms with Crippen molar-refractivity contribution in [1.82, 2.24) is 15.8 Å². The highest BCUT2D eigenvalue weighted by molar-refractivity contribution is 5.82. The highest BCUT2D eigenvalue weighted by atomic mass is 16.2. The van der Waals surface area contributed by atoms with Crippen molar-refractivity contribution in [2.75, 3.05) is 6.54 Å². The zero-order chi connectivity index (χ0) is 15.5. The average molecular weight is 301 g/mol. The van der Waals surface area contributed by atoms with Crippen molar-refractivity contribution in [2.45, 2.75) is 57.7 Å². The average Bonchev–Trinajstić information content (AvgIpc) is 3.23. The van der Waals surface area contributed by atoms with Gasteiger partial charge in [0.15, 0.2) is 0 Å². The van der Waals surface area contributed by atoms with E-state index in [9.17, 15) is 4.79 Å². The molecule has 4 heteroatoms. The molecule has 1 heterocycles. The second-order valence-electron chi connectivity index (χ2n) is 6.99. The summed E-state index contributed by atoms with van der Waals surface area (Å²) in [5.41, 5.74) is 7.74. The number of benzene rings is 1. The largest absolute Gasteiger partial charge is 0.338 e. The van der Waals surface area contributed by atoms with E-state index in [1.165, 1.54) is 18.4 Å². The summed E-state index contributed by atoms with van der Waals surface area (Å²) in [6.45, 7) is 5.34. The van der Waals surface area contributed by atoms with E-state index in [4.69, 9.17) is 0 Å². The molecular formula is C18H27N3O. The molecule has 0 bridgehead atoms. The third kappa shape index (κ3) is 3.68. The number of amides is 1. The van der Waals surface area contributed by atoms with Gasteiger partial charge in [-0.25, -0.2) is 10.9 Å². The van der Waals surface area contributed by atoms with Crippen LogP contribution in [0.4, 0.5) is 0 Å². The monoisotopic (exact) mass is 301 g/mol. The highest BCUT2D eigenvalue weighted by Gasteiger charge is 2.38. The molecule has 1 amide bonds. The molecular weight excluding hydrogens is 274 g/mol.